The Bertz CT molecular complexity index is 1300. The summed E-state index contributed by atoms with van der Waals surface area (Å²) in [5, 5.41) is 78.0. The van der Waals surface area contributed by atoms with Crippen LogP contribution in [-0.4, -0.2) is 52.9 Å². The maximum absolute atomic E-state index is 14.4. The van der Waals surface area contributed by atoms with Gasteiger partial charge in [-0.2, -0.15) is 0 Å². The number of esters is 1. The smallest absolute Gasteiger partial charge is 0.341 e. The molecular formula is C22H17FO11. The number of halogens is 1. The topological polar surface area (TPSA) is 197 Å². The maximum atomic E-state index is 14.4. The lowest BCUT2D eigenvalue weighted by Crippen LogP contribution is -2.35. The largest absolute Gasteiger partial charge is 0.508 e. The highest BCUT2D eigenvalue weighted by atomic mass is 19.1. The van der Waals surface area contributed by atoms with Crippen molar-refractivity contribution in [1.82, 2.24) is 0 Å². The zero-order valence-corrected chi connectivity index (χ0v) is 16.9. The summed E-state index contributed by atoms with van der Waals surface area (Å²) in [5.74, 6) is -9.56. The van der Waals surface area contributed by atoms with Crippen LogP contribution in [0.15, 0.2) is 30.3 Å². The first-order chi connectivity index (χ1) is 16.0. The fourth-order valence-electron chi connectivity index (χ4n) is 3.59. The van der Waals surface area contributed by atoms with Crippen LogP contribution in [0.5, 0.6) is 51.7 Å². The van der Waals surface area contributed by atoms with Gasteiger partial charge >= 0.3 is 5.97 Å². The Morgan fingerprint density at radius 3 is 2.09 bits per heavy atom. The molecule has 0 saturated carbocycles. The van der Waals surface area contributed by atoms with Crippen LogP contribution in [0.3, 0.4) is 0 Å². The monoisotopic (exact) mass is 476 g/mol. The molecule has 2 atom stereocenters. The number of ether oxygens (including phenoxy) is 2. The van der Waals surface area contributed by atoms with Gasteiger partial charge in [-0.15, -0.1) is 0 Å². The van der Waals surface area contributed by atoms with E-state index in [0.717, 1.165) is 24.3 Å². The third kappa shape index (κ3) is 3.70. The van der Waals surface area contributed by atoms with Crippen LogP contribution in [0.25, 0.3) is 0 Å². The van der Waals surface area contributed by atoms with Crippen molar-refractivity contribution in [3.8, 4) is 51.7 Å². The van der Waals surface area contributed by atoms with Gasteiger partial charge in [0.05, 0.1) is 0 Å². The fraction of sp³-hybridized carbons (Fsp3) is 0.136. The minimum absolute atomic E-state index is 0.00375. The summed E-state index contributed by atoms with van der Waals surface area (Å²) in [6, 6.07) is 4.72. The predicted octanol–water partition coefficient (Wildman–Crippen LogP) is 2.37. The molecule has 0 amide bonds. The number of carbonyl (C=O) groups is 1. The summed E-state index contributed by atoms with van der Waals surface area (Å²) in [6.07, 6.45) is -2.91. The van der Waals surface area contributed by atoms with Gasteiger partial charge in [-0.1, -0.05) is 0 Å². The van der Waals surface area contributed by atoms with Crippen molar-refractivity contribution in [2.24, 2.45) is 0 Å². The number of phenols is 8. The average Bonchev–Trinajstić information content (AvgIpc) is 2.78. The normalized spacial score (nSPS) is 17.0. The first kappa shape index (κ1) is 22.5. The molecule has 0 spiro atoms. The van der Waals surface area contributed by atoms with E-state index in [1.165, 1.54) is 0 Å². The molecule has 0 aliphatic carbocycles. The van der Waals surface area contributed by atoms with Crippen molar-refractivity contribution < 1.29 is 59.5 Å². The Hall–Kier alpha value is -4.74. The molecule has 0 bridgehead atoms. The number of benzene rings is 3. The molecule has 0 saturated heterocycles. The number of fused-ring (bicyclic) bond motifs is 1. The number of rotatable bonds is 3. The number of hydrogen-bond acceptors (Lipinski definition) is 11. The van der Waals surface area contributed by atoms with E-state index < -0.39 is 69.8 Å². The Balaban J connectivity index is 1.77. The van der Waals surface area contributed by atoms with Crippen LogP contribution in [0.1, 0.15) is 27.6 Å². The highest BCUT2D eigenvalue weighted by Gasteiger charge is 2.38. The Kier molecular flexibility index (Phi) is 5.28. The van der Waals surface area contributed by atoms with E-state index >= 15 is 0 Å². The third-order valence-electron chi connectivity index (χ3n) is 5.26. The van der Waals surface area contributed by atoms with E-state index in [9.17, 15) is 50.0 Å². The highest BCUT2D eigenvalue weighted by Crippen LogP contribution is 2.46. The van der Waals surface area contributed by atoms with Crippen LogP contribution >= 0.6 is 0 Å². The molecule has 3 aromatic rings. The molecule has 0 radical (unpaired) electrons. The summed E-state index contributed by atoms with van der Waals surface area (Å²) in [6.45, 7) is 0. The Morgan fingerprint density at radius 1 is 0.824 bits per heavy atom. The van der Waals surface area contributed by atoms with Gasteiger partial charge in [0.25, 0.3) is 0 Å². The molecule has 3 aromatic carbocycles. The molecule has 1 aliphatic heterocycles. The van der Waals surface area contributed by atoms with Crippen molar-refractivity contribution in [3.63, 3.8) is 0 Å². The Labute approximate surface area is 189 Å². The molecule has 0 unspecified atom stereocenters. The molecule has 0 fully saturated rings. The summed E-state index contributed by atoms with van der Waals surface area (Å²) in [7, 11) is 0. The van der Waals surface area contributed by atoms with Crippen molar-refractivity contribution in [2.75, 3.05) is 0 Å². The van der Waals surface area contributed by atoms with Crippen molar-refractivity contribution in [2.45, 2.75) is 18.6 Å². The molecule has 34 heavy (non-hydrogen) atoms. The van der Waals surface area contributed by atoms with E-state index in [-0.39, 0.29) is 29.0 Å². The van der Waals surface area contributed by atoms with Gasteiger partial charge in [0.1, 0.15) is 28.9 Å². The first-order valence-electron chi connectivity index (χ1n) is 9.58. The summed E-state index contributed by atoms with van der Waals surface area (Å²) < 4.78 is 25.4. The van der Waals surface area contributed by atoms with Gasteiger partial charge in [-0.3, -0.25) is 0 Å². The molecule has 12 heteroatoms. The fourth-order valence-corrected chi connectivity index (χ4v) is 3.59. The van der Waals surface area contributed by atoms with Crippen LogP contribution in [0, 0.1) is 5.82 Å². The molecule has 8 N–H and O–H groups in total. The van der Waals surface area contributed by atoms with Gasteiger partial charge < -0.3 is 50.3 Å². The number of aromatic hydroxyl groups is 8. The van der Waals surface area contributed by atoms with Crippen LogP contribution in [0.4, 0.5) is 4.39 Å². The van der Waals surface area contributed by atoms with Gasteiger partial charge in [0.15, 0.2) is 40.7 Å². The third-order valence-corrected chi connectivity index (χ3v) is 5.26. The van der Waals surface area contributed by atoms with E-state index in [0.29, 0.717) is 6.07 Å². The molecule has 1 aliphatic rings. The van der Waals surface area contributed by atoms with E-state index in [1.807, 2.05) is 0 Å². The number of carbonyl (C=O) groups excluding carboxylic acids is 1. The SMILES string of the molecule is O=C(O[C@@H]1Cc2c(O)cc(O)cc2O[C@@H]1c1cc(O)c(O)c(O)c1)c1cc(O)c(O)c(O)c1F. The summed E-state index contributed by atoms with van der Waals surface area (Å²) >= 11 is 0. The van der Waals surface area contributed by atoms with E-state index in [4.69, 9.17) is 9.47 Å². The summed E-state index contributed by atoms with van der Waals surface area (Å²) in [4.78, 5) is 12.7. The average molecular weight is 476 g/mol. The molecule has 0 aromatic heterocycles. The predicted molar refractivity (Wildman–Crippen MR) is 109 cm³/mol. The first-order valence-corrected chi connectivity index (χ1v) is 9.58. The minimum Gasteiger partial charge on any atom is -0.508 e. The zero-order chi connectivity index (χ0) is 24.9. The second kappa shape index (κ2) is 7.99. The quantitative estimate of drug-likeness (QED) is 0.204. The second-order valence-electron chi connectivity index (χ2n) is 7.49. The van der Waals surface area contributed by atoms with Gasteiger partial charge in [-0.25, -0.2) is 9.18 Å². The molecule has 1 heterocycles. The van der Waals surface area contributed by atoms with Gasteiger partial charge in [0, 0.05) is 35.7 Å². The van der Waals surface area contributed by atoms with Gasteiger partial charge in [-0.05, 0) is 12.1 Å². The van der Waals surface area contributed by atoms with Crippen LogP contribution in [0.2, 0.25) is 0 Å². The van der Waals surface area contributed by atoms with E-state index in [2.05, 4.69) is 0 Å². The van der Waals surface area contributed by atoms with Crippen molar-refractivity contribution in [3.05, 3.63) is 52.8 Å². The lowest BCUT2D eigenvalue weighted by atomic mass is 9.93. The zero-order valence-electron chi connectivity index (χ0n) is 16.9. The number of phenolic OH excluding ortho intramolecular Hbond substituents is 8. The standard InChI is InChI=1S/C22H17FO11/c23-17-10(5-14(28)19(30)20(17)31)22(32)34-16-6-9-11(25)3-8(24)4-15(9)33-21(16)7-1-12(26)18(29)13(27)2-7/h1-5,16,21,24-31H,6H2/t16-,21-/m1/s1. The minimum atomic E-state index is -1.57. The van der Waals surface area contributed by atoms with Crippen molar-refractivity contribution >= 4 is 5.97 Å². The van der Waals surface area contributed by atoms with Crippen molar-refractivity contribution in [1.29, 1.82) is 0 Å². The van der Waals surface area contributed by atoms with Crippen LogP contribution < -0.4 is 4.74 Å². The van der Waals surface area contributed by atoms with Crippen LogP contribution in [-0.2, 0) is 11.2 Å². The lowest BCUT2D eigenvalue weighted by Gasteiger charge is -2.34. The van der Waals surface area contributed by atoms with Gasteiger partial charge in [0.2, 0.25) is 5.75 Å². The molecule has 11 nitrogen and oxygen atoms in total. The summed E-state index contributed by atoms with van der Waals surface area (Å²) in [5.41, 5.74) is -0.824. The number of hydrogen-bond donors (Lipinski definition) is 8. The van der Waals surface area contributed by atoms with E-state index in [1.54, 1.807) is 0 Å². The highest BCUT2D eigenvalue weighted by molar-refractivity contribution is 5.91. The molecule has 4 rings (SSSR count). The lowest BCUT2D eigenvalue weighted by molar-refractivity contribution is -0.0193. The maximum Gasteiger partial charge on any atom is 0.341 e. The Morgan fingerprint density at radius 2 is 1.44 bits per heavy atom. The molecule has 178 valence electrons. The molecular weight excluding hydrogens is 459 g/mol. The second-order valence-corrected chi connectivity index (χ2v) is 7.49.